The smallest absolute Gasteiger partial charge is 0.307 e. The van der Waals surface area contributed by atoms with Crippen molar-refractivity contribution in [3.8, 4) is 11.5 Å². The molecule has 7 heteroatoms. The standard InChI is InChI=1S/C17H24N2O5/c1-18-10-16(20)19-6-5-11-7-14(22-2)15(23-3)8-12(11)13(19)9-17(21)24-4/h7-8,13,18H,5-6,9-10H2,1-4H3. The number of carbonyl (C=O) groups is 2. The Morgan fingerprint density at radius 1 is 1.21 bits per heavy atom. The Balaban J connectivity index is 2.45. The number of ether oxygens (including phenoxy) is 3. The van der Waals surface area contributed by atoms with Crippen LogP contribution in [0.1, 0.15) is 23.6 Å². The Morgan fingerprint density at radius 2 is 1.88 bits per heavy atom. The molecule has 1 aromatic rings. The Bertz CT molecular complexity index is 617. The van der Waals surface area contributed by atoms with Gasteiger partial charge in [0.1, 0.15) is 0 Å². The maximum Gasteiger partial charge on any atom is 0.307 e. The minimum atomic E-state index is -0.373. The summed E-state index contributed by atoms with van der Waals surface area (Å²) in [5, 5.41) is 2.87. The molecule has 1 N–H and O–H groups in total. The van der Waals surface area contributed by atoms with Crippen molar-refractivity contribution in [3.63, 3.8) is 0 Å². The highest BCUT2D eigenvalue weighted by Crippen LogP contribution is 2.39. The predicted octanol–water partition coefficient (Wildman–Crippen LogP) is 0.912. The zero-order valence-electron chi connectivity index (χ0n) is 14.5. The van der Waals surface area contributed by atoms with Crippen LogP contribution in [0, 0.1) is 0 Å². The van der Waals surface area contributed by atoms with Gasteiger partial charge < -0.3 is 24.4 Å². The van der Waals surface area contributed by atoms with Crippen molar-refractivity contribution in [2.75, 3.05) is 41.5 Å². The third kappa shape index (κ3) is 3.62. The van der Waals surface area contributed by atoms with Crippen LogP contribution in [0.5, 0.6) is 11.5 Å². The lowest BCUT2D eigenvalue weighted by molar-refractivity contribution is -0.144. The van der Waals surface area contributed by atoms with Gasteiger partial charge in [0.25, 0.3) is 0 Å². The molecule has 1 amide bonds. The summed E-state index contributed by atoms with van der Waals surface area (Å²) in [6, 6.07) is 3.39. The Labute approximate surface area is 141 Å². The van der Waals surface area contributed by atoms with Crippen LogP contribution in [0.2, 0.25) is 0 Å². The summed E-state index contributed by atoms with van der Waals surface area (Å²) in [6.07, 6.45) is 0.803. The van der Waals surface area contributed by atoms with E-state index in [0.717, 1.165) is 11.1 Å². The molecule has 1 heterocycles. The monoisotopic (exact) mass is 336 g/mol. The van der Waals surface area contributed by atoms with Gasteiger partial charge in [-0.3, -0.25) is 9.59 Å². The maximum absolute atomic E-state index is 12.4. The topological polar surface area (TPSA) is 77.1 Å². The number of nitrogens with zero attached hydrogens (tertiary/aromatic N) is 1. The molecule has 1 atom stereocenters. The summed E-state index contributed by atoms with van der Waals surface area (Å²) in [4.78, 5) is 26.0. The number of nitrogens with one attached hydrogen (secondary N) is 1. The van der Waals surface area contributed by atoms with Crippen molar-refractivity contribution >= 4 is 11.9 Å². The zero-order chi connectivity index (χ0) is 17.7. The second kappa shape index (κ2) is 8.01. The van der Waals surface area contributed by atoms with E-state index in [0.29, 0.717) is 24.5 Å². The number of benzene rings is 1. The average molecular weight is 336 g/mol. The molecule has 0 saturated carbocycles. The predicted molar refractivity (Wildman–Crippen MR) is 88.3 cm³/mol. The van der Waals surface area contributed by atoms with Crippen LogP contribution in [0.3, 0.4) is 0 Å². The molecular formula is C17H24N2O5. The van der Waals surface area contributed by atoms with Crippen LogP contribution in [-0.4, -0.2) is 58.2 Å². The lowest BCUT2D eigenvalue weighted by Gasteiger charge is -2.37. The van der Waals surface area contributed by atoms with Crippen molar-refractivity contribution in [2.45, 2.75) is 18.9 Å². The summed E-state index contributed by atoms with van der Waals surface area (Å²) in [6.45, 7) is 0.769. The van der Waals surface area contributed by atoms with Crippen molar-refractivity contribution in [1.82, 2.24) is 10.2 Å². The lowest BCUT2D eigenvalue weighted by atomic mass is 9.90. The highest BCUT2D eigenvalue weighted by Gasteiger charge is 2.33. The molecule has 2 rings (SSSR count). The molecular weight excluding hydrogens is 312 g/mol. The molecule has 0 aromatic heterocycles. The van der Waals surface area contributed by atoms with Crippen LogP contribution in [0.4, 0.5) is 0 Å². The molecule has 24 heavy (non-hydrogen) atoms. The van der Waals surface area contributed by atoms with E-state index in [2.05, 4.69) is 5.32 Å². The van der Waals surface area contributed by atoms with Crippen LogP contribution < -0.4 is 14.8 Å². The molecule has 0 aliphatic carbocycles. The van der Waals surface area contributed by atoms with E-state index in [-0.39, 0.29) is 30.9 Å². The second-order valence-corrected chi connectivity index (χ2v) is 5.57. The van der Waals surface area contributed by atoms with E-state index in [1.807, 2.05) is 12.1 Å². The normalized spacial score (nSPS) is 16.3. The second-order valence-electron chi connectivity index (χ2n) is 5.57. The van der Waals surface area contributed by atoms with Gasteiger partial charge >= 0.3 is 5.97 Å². The van der Waals surface area contributed by atoms with Gasteiger partial charge in [0, 0.05) is 6.54 Å². The minimum absolute atomic E-state index is 0.0492. The summed E-state index contributed by atoms with van der Waals surface area (Å²) in [5.74, 6) is 0.814. The minimum Gasteiger partial charge on any atom is -0.493 e. The van der Waals surface area contributed by atoms with Gasteiger partial charge in [-0.15, -0.1) is 0 Å². The number of carbonyl (C=O) groups excluding carboxylic acids is 2. The highest BCUT2D eigenvalue weighted by molar-refractivity contribution is 5.80. The van der Waals surface area contributed by atoms with Gasteiger partial charge in [0.05, 0.1) is 40.3 Å². The van der Waals surface area contributed by atoms with E-state index in [1.165, 1.54) is 7.11 Å². The first-order chi connectivity index (χ1) is 11.5. The fourth-order valence-corrected chi connectivity index (χ4v) is 3.04. The number of rotatable bonds is 6. The number of hydrogen-bond donors (Lipinski definition) is 1. The summed E-state index contributed by atoms with van der Waals surface area (Å²) < 4.78 is 15.5. The maximum atomic E-state index is 12.4. The molecule has 1 aliphatic heterocycles. The van der Waals surface area contributed by atoms with E-state index in [1.54, 1.807) is 26.2 Å². The summed E-state index contributed by atoms with van der Waals surface area (Å²) in [7, 11) is 6.22. The largest absolute Gasteiger partial charge is 0.493 e. The summed E-state index contributed by atoms with van der Waals surface area (Å²) >= 11 is 0. The van der Waals surface area contributed by atoms with Gasteiger partial charge in [-0.2, -0.15) is 0 Å². The molecule has 0 bridgehead atoms. The number of amides is 1. The van der Waals surface area contributed by atoms with Gasteiger partial charge in [-0.1, -0.05) is 0 Å². The molecule has 132 valence electrons. The number of fused-ring (bicyclic) bond motifs is 1. The number of hydrogen-bond acceptors (Lipinski definition) is 6. The van der Waals surface area contributed by atoms with Gasteiger partial charge in [0.2, 0.25) is 5.91 Å². The van der Waals surface area contributed by atoms with Crippen LogP contribution in [0.25, 0.3) is 0 Å². The Hall–Kier alpha value is -2.28. The first kappa shape index (κ1) is 18.1. The Kier molecular flexibility index (Phi) is 6.03. The molecule has 1 aliphatic rings. The summed E-state index contributed by atoms with van der Waals surface area (Å²) in [5.41, 5.74) is 1.95. The van der Waals surface area contributed by atoms with Gasteiger partial charge in [-0.25, -0.2) is 0 Å². The SMILES string of the molecule is CNCC(=O)N1CCc2cc(OC)c(OC)cc2C1CC(=O)OC. The molecule has 7 nitrogen and oxygen atoms in total. The van der Waals surface area contributed by atoms with Crippen LogP contribution >= 0.6 is 0 Å². The molecule has 0 radical (unpaired) electrons. The van der Waals surface area contributed by atoms with Crippen molar-refractivity contribution < 1.29 is 23.8 Å². The quantitative estimate of drug-likeness (QED) is 0.778. The highest BCUT2D eigenvalue weighted by atomic mass is 16.5. The van der Waals surface area contributed by atoms with Crippen molar-refractivity contribution in [1.29, 1.82) is 0 Å². The van der Waals surface area contributed by atoms with Crippen LogP contribution in [-0.2, 0) is 20.7 Å². The average Bonchev–Trinajstić information content (AvgIpc) is 2.60. The van der Waals surface area contributed by atoms with Crippen LogP contribution in [0.15, 0.2) is 12.1 Å². The number of esters is 1. The Morgan fingerprint density at radius 3 is 2.46 bits per heavy atom. The lowest BCUT2D eigenvalue weighted by Crippen LogP contribution is -2.44. The van der Waals surface area contributed by atoms with Crippen molar-refractivity contribution in [2.24, 2.45) is 0 Å². The third-order valence-electron chi connectivity index (χ3n) is 4.24. The van der Waals surface area contributed by atoms with E-state index in [4.69, 9.17) is 14.2 Å². The van der Waals surface area contributed by atoms with Crippen molar-refractivity contribution in [3.05, 3.63) is 23.3 Å². The van der Waals surface area contributed by atoms with E-state index >= 15 is 0 Å². The number of methoxy groups -OCH3 is 3. The zero-order valence-corrected chi connectivity index (χ0v) is 14.5. The molecule has 1 aromatic carbocycles. The van der Waals surface area contributed by atoms with Gasteiger partial charge in [0.15, 0.2) is 11.5 Å². The fourth-order valence-electron chi connectivity index (χ4n) is 3.04. The number of likely N-dealkylation sites (N-methyl/N-ethyl adjacent to an activating group) is 1. The fraction of sp³-hybridized carbons (Fsp3) is 0.529. The van der Waals surface area contributed by atoms with Gasteiger partial charge in [-0.05, 0) is 36.7 Å². The first-order valence-electron chi connectivity index (χ1n) is 7.81. The molecule has 0 fully saturated rings. The first-order valence-corrected chi connectivity index (χ1v) is 7.81. The van der Waals surface area contributed by atoms with E-state index in [9.17, 15) is 9.59 Å². The molecule has 0 spiro atoms. The third-order valence-corrected chi connectivity index (χ3v) is 4.24. The molecule has 1 unspecified atom stereocenters. The molecule has 0 saturated heterocycles. The van der Waals surface area contributed by atoms with E-state index < -0.39 is 0 Å².